The monoisotopic (exact) mass is 1050 g/mol. The van der Waals surface area contributed by atoms with E-state index in [1.807, 2.05) is 0 Å². The summed E-state index contributed by atoms with van der Waals surface area (Å²) in [6.07, 6.45) is 33.5. The summed E-state index contributed by atoms with van der Waals surface area (Å²) in [6, 6.07) is 51.3. The number of fused-ring (bicyclic) bond motifs is 10. The number of H-pyrrole nitrogens is 1. The molecule has 4 aliphatic rings. The lowest BCUT2D eigenvalue weighted by Crippen LogP contribution is -2.05. The number of aryl methyl sites for hydroxylation is 4. The van der Waals surface area contributed by atoms with Gasteiger partial charge in [-0.25, -0.2) is 0 Å². The number of hydrogen-bond donors (Lipinski definition) is 1. The van der Waals surface area contributed by atoms with Crippen LogP contribution in [0.25, 0.3) is 111 Å². The first kappa shape index (κ1) is 49.9. The molecule has 0 amide bonds. The number of furan rings is 2. The molecule has 3 heteroatoms. The number of aromatic nitrogens is 1. The molecule has 11 aromatic rings. The van der Waals surface area contributed by atoms with Crippen LogP contribution in [0.4, 0.5) is 0 Å². The minimum absolute atomic E-state index is 0.880. The van der Waals surface area contributed by atoms with Crippen LogP contribution in [0.15, 0.2) is 179 Å². The van der Waals surface area contributed by atoms with E-state index in [1.54, 1.807) is 5.56 Å². The molecule has 0 unspecified atom stereocenters. The molecule has 400 valence electrons. The number of aromatic amines is 1. The molecular weight excluding hydrogens is 983 g/mol. The lowest BCUT2D eigenvalue weighted by atomic mass is 9.84. The van der Waals surface area contributed by atoms with Crippen LogP contribution in [0.1, 0.15) is 133 Å². The minimum Gasteiger partial charge on any atom is -0.456 e. The summed E-state index contributed by atoms with van der Waals surface area (Å²) in [7, 11) is 0. The molecule has 0 spiro atoms. The van der Waals surface area contributed by atoms with Gasteiger partial charge in [0.1, 0.15) is 22.5 Å². The Bertz CT molecular complexity index is 4420. The van der Waals surface area contributed by atoms with Gasteiger partial charge in [0.15, 0.2) is 0 Å². The molecule has 0 saturated carbocycles. The Morgan fingerprint density at radius 1 is 0.481 bits per heavy atom. The highest BCUT2D eigenvalue weighted by molar-refractivity contribution is 6.15. The van der Waals surface area contributed by atoms with Gasteiger partial charge in [-0.05, 0) is 271 Å². The van der Waals surface area contributed by atoms with E-state index >= 15 is 0 Å². The SMILES string of the molecule is C=C1CCCCC/C=C\C=C1c1cc(-c2ccc3[nH]c4ccc(-c5cc(-c6cccc7c6CCCC7)cc6c(CC)c(/C=C\Cc7cccc8c7CCCC8)oc56)cc4c3c2)c2oc3ccc(-c4cccc5c4CCCC5)cc3c2c1. The molecule has 8 aromatic carbocycles. The van der Waals surface area contributed by atoms with E-state index < -0.39 is 0 Å². The van der Waals surface area contributed by atoms with Gasteiger partial charge in [0.2, 0.25) is 0 Å². The zero-order valence-corrected chi connectivity index (χ0v) is 47.0. The van der Waals surface area contributed by atoms with Crippen LogP contribution in [0.3, 0.4) is 0 Å². The predicted octanol–water partition coefficient (Wildman–Crippen LogP) is 21.5. The fourth-order valence-electron chi connectivity index (χ4n) is 14.8. The van der Waals surface area contributed by atoms with Crippen molar-refractivity contribution in [3.8, 4) is 44.5 Å². The largest absolute Gasteiger partial charge is 0.456 e. The lowest BCUT2D eigenvalue weighted by Gasteiger charge is -2.20. The van der Waals surface area contributed by atoms with Crippen LogP contribution in [0.5, 0.6) is 0 Å². The van der Waals surface area contributed by atoms with E-state index in [-0.39, 0.29) is 0 Å². The average Bonchev–Trinajstić information content (AvgIpc) is 4.31. The molecule has 0 aliphatic heterocycles. The Morgan fingerprint density at radius 2 is 1.05 bits per heavy atom. The summed E-state index contributed by atoms with van der Waals surface area (Å²) < 4.78 is 14.3. The molecule has 0 atom stereocenters. The summed E-state index contributed by atoms with van der Waals surface area (Å²) in [5, 5.41) is 5.88. The Morgan fingerprint density at radius 3 is 1.77 bits per heavy atom. The van der Waals surface area contributed by atoms with Gasteiger partial charge in [-0.1, -0.05) is 117 Å². The maximum Gasteiger partial charge on any atom is 0.143 e. The molecule has 3 aromatic heterocycles. The lowest BCUT2D eigenvalue weighted by molar-refractivity contribution is 0.600. The van der Waals surface area contributed by atoms with E-state index in [9.17, 15) is 0 Å². The van der Waals surface area contributed by atoms with Crippen LogP contribution in [0, 0.1) is 0 Å². The maximum atomic E-state index is 7.19. The van der Waals surface area contributed by atoms with Crippen LogP contribution in [-0.2, 0) is 51.4 Å². The van der Waals surface area contributed by atoms with Gasteiger partial charge < -0.3 is 13.8 Å². The number of benzene rings is 8. The smallest absolute Gasteiger partial charge is 0.143 e. The fraction of sp³-hybridized carbons (Fsp3) is 0.256. The zero-order chi connectivity index (χ0) is 54.0. The Labute approximate surface area is 476 Å². The molecule has 0 saturated heterocycles. The van der Waals surface area contributed by atoms with Crippen molar-refractivity contribution in [3.63, 3.8) is 0 Å². The molecule has 81 heavy (non-hydrogen) atoms. The molecule has 0 radical (unpaired) electrons. The van der Waals surface area contributed by atoms with Crippen molar-refractivity contribution in [2.24, 2.45) is 0 Å². The molecule has 15 rings (SSSR count). The van der Waals surface area contributed by atoms with E-state index in [2.05, 4.69) is 176 Å². The van der Waals surface area contributed by atoms with Crippen molar-refractivity contribution < 1.29 is 8.83 Å². The third-order valence-corrected chi connectivity index (χ3v) is 19.0. The number of hydrogen-bond acceptors (Lipinski definition) is 2. The maximum absolute atomic E-state index is 7.19. The summed E-state index contributed by atoms with van der Waals surface area (Å²) in [6.45, 7) is 7.03. The quantitative estimate of drug-likeness (QED) is 0.157. The first-order chi connectivity index (χ1) is 40.0. The standard InChI is InChI=1S/C78H71NO2/c1-3-59-71-48-58(65-34-18-27-53-23-12-15-32-63(53)65)46-67(77(71)80-75(59)35-19-28-51-25-16-24-50-21-10-13-30-61(50)51)56-37-40-74-69(43-56)68-42-55(36-39-73(68)79-74)66-45-57(60-29-9-7-5-4-6-8-20-49(60)2)47-72-70-44-54(38-41-76(70)81-78(66)72)64-33-17-26-52-22-11-14-31-62(52)64/h7,9,16-19,24-27,29,33-48,79H,2-6,8,10-15,20-23,28,30-32H2,1H3/b9-7-,35-19-,60-29?. The highest BCUT2D eigenvalue weighted by Gasteiger charge is 2.24. The van der Waals surface area contributed by atoms with Crippen molar-refractivity contribution in [2.75, 3.05) is 0 Å². The zero-order valence-electron chi connectivity index (χ0n) is 47.0. The van der Waals surface area contributed by atoms with E-state index in [1.165, 1.54) is 158 Å². The third kappa shape index (κ3) is 9.05. The van der Waals surface area contributed by atoms with Crippen molar-refractivity contribution in [1.82, 2.24) is 4.98 Å². The highest BCUT2D eigenvalue weighted by atomic mass is 16.3. The second-order valence-electron chi connectivity index (χ2n) is 23.9. The van der Waals surface area contributed by atoms with Crippen LogP contribution < -0.4 is 0 Å². The second-order valence-corrected chi connectivity index (χ2v) is 23.9. The van der Waals surface area contributed by atoms with Crippen molar-refractivity contribution in [1.29, 1.82) is 0 Å². The Balaban J connectivity index is 0.889. The minimum atomic E-state index is 0.880. The molecule has 0 fully saturated rings. The average molecular weight is 1050 g/mol. The first-order valence-corrected chi connectivity index (χ1v) is 30.7. The molecule has 3 nitrogen and oxygen atoms in total. The van der Waals surface area contributed by atoms with E-state index in [0.29, 0.717) is 0 Å². The molecular formula is C78H71NO2. The highest BCUT2D eigenvalue weighted by Crippen LogP contribution is 2.46. The normalized spacial score (nSPS) is 16.4. The molecule has 3 heterocycles. The van der Waals surface area contributed by atoms with Crippen molar-refractivity contribution >= 4 is 66.4 Å². The number of nitrogens with one attached hydrogen (secondary N) is 1. The van der Waals surface area contributed by atoms with Crippen LogP contribution in [0.2, 0.25) is 0 Å². The van der Waals surface area contributed by atoms with Crippen LogP contribution in [-0.4, -0.2) is 4.98 Å². The summed E-state index contributed by atoms with van der Waals surface area (Å²) in [4.78, 5) is 3.83. The fourth-order valence-corrected chi connectivity index (χ4v) is 14.8. The number of rotatable bonds is 9. The van der Waals surface area contributed by atoms with Crippen molar-refractivity contribution in [3.05, 3.63) is 226 Å². The van der Waals surface area contributed by atoms with Gasteiger partial charge in [-0.3, -0.25) is 0 Å². The second kappa shape index (κ2) is 21.1. The topological polar surface area (TPSA) is 42.1 Å². The van der Waals surface area contributed by atoms with Gasteiger partial charge in [0, 0.05) is 54.7 Å². The molecule has 4 aliphatic carbocycles. The summed E-state index contributed by atoms with van der Waals surface area (Å²) >= 11 is 0. The van der Waals surface area contributed by atoms with Crippen LogP contribution >= 0.6 is 0 Å². The van der Waals surface area contributed by atoms with Gasteiger partial charge in [-0.2, -0.15) is 0 Å². The summed E-state index contributed by atoms with van der Waals surface area (Å²) in [5.41, 5.74) is 30.2. The number of allylic oxidation sites excluding steroid dienone is 6. The third-order valence-electron chi connectivity index (χ3n) is 19.0. The van der Waals surface area contributed by atoms with Gasteiger partial charge >= 0.3 is 0 Å². The predicted molar refractivity (Wildman–Crippen MR) is 342 cm³/mol. The van der Waals surface area contributed by atoms with E-state index in [0.717, 1.165) is 124 Å². The van der Waals surface area contributed by atoms with Crippen molar-refractivity contribution in [2.45, 2.75) is 129 Å². The Hall–Kier alpha value is -8.14. The van der Waals surface area contributed by atoms with Gasteiger partial charge in [-0.15, -0.1) is 0 Å². The first-order valence-electron chi connectivity index (χ1n) is 30.7. The van der Waals surface area contributed by atoms with E-state index in [4.69, 9.17) is 15.4 Å². The molecule has 1 N–H and O–H groups in total. The Kier molecular flexibility index (Phi) is 13.0. The molecule has 0 bridgehead atoms. The summed E-state index contributed by atoms with van der Waals surface area (Å²) in [5.74, 6) is 0.971. The van der Waals surface area contributed by atoms with Gasteiger partial charge in [0.05, 0.1) is 0 Å². The van der Waals surface area contributed by atoms with Gasteiger partial charge in [0.25, 0.3) is 0 Å².